The lowest BCUT2D eigenvalue weighted by Gasteiger charge is -2.33. The molecular weight excluding hydrogens is 444 g/mol. The summed E-state index contributed by atoms with van der Waals surface area (Å²) in [5, 5.41) is 0. The Labute approximate surface area is 222 Å². The molecule has 4 aromatic rings. The topological polar surface area (TPSA) is 0 Å². The van der Waals surface area contributed by atoms with Crippen molar-refractivity contribution in [3.63, 3.8) is 0 Å². The van der Waals surface area contributed by atoms with Crippen molar-refractivity contribution >= 4 is 12.2 Å². The number of aryl methyl sites for hydroxylation is 2. The molecule has 0 atom stereocenters. The van der Waals surface area contributed by atoms with Crippen LogP contribution in [0.25, 0.3) is 34.4 Å². The van der Waals surface area contributed by atoms with Crippen LogP contribution in [0.5, 0.6) is 0 Å². The van der Waals surface area contributed by atoms with Gasteiger partial charge in [0.1, 0.15) is 0 Å². The van der Waals surface area contributed by atoms with Gasteiger partial charge in [-0.15, -0.1) is 0 Å². The van der Waals surface area contributed by atoms with Gasteiger partial charge in [-0.2, -0.15) is 0 Å². The third-order valence-electron chi connectivity index (χ3n) is 8.83. The molecular formula is C37H36. The molecule has 0 radical (unpaired) electrons. The maximum Gasteiger partial charge on any atom is 0.0105 e. The van der Waals surface area contributed by atoms with Crippen LogP contribution in [0.3, 0.4) is 0 Å². The quantitative estimate of drug-likeness (QED) is 0.257. The molecule has 184 valence electrons. The Balaban J connectivity index is 1.44. The Morgan fingerprint density at radius 3 is 1.43 bits per heavy atom. The normalized spacial score (nSPS) is 14.3. The molecule has 0 amide bonds. The van der Waals surface area contributed by atoms with Gasteiger partial charge in [-0.25, -0.2) is 0 Å². The van der Waals surface area contributed by atoms with Crippen molar-refractivity contribution in [2.24, 2.45) is 5.41 Å². The fourth-order valence-corrected chi connectivity index (χ4v) is 6.69. The van der Waals surface area contributed by atoms with Crippen molar-refractivity contribution < 1.29 is 0 Å². The Hall–Kier alpha value is -3.64. The monoisotopic (exact) mass is 480 g/mol. The number of benzene rings is 4. The molecule has 0 bridgehead atoms. The predicted molar refractivity (Wildman–Crippen MR) is 160 cm³/mol. The highest BCUT2D eigenvalue weighted by molar-refractivity contribution is 5.85. The molecule has 6 rings (SSSR count). The van der Waals surface area contributed by atoms with Crippen molar-refractivity contribution in [1.82, 2.24) is 0 Å². The smallest absolute Gasteiger partial charge is 0.0105 e. The summed E-state index contributed by atoms with van der Waals surface area (Å²) in [6.45, 7) is 9.29. The lowest BCUT2D eigenvalue weighted by Crippen LogP contribution is -2.22. The molecule has 0 heteroatoms. The Kier molecular flexibility index (Phi) is 6.00. The summed E-state index contributed by atoms with van der Waals surface area (Å²) in [6.07, 6.45) is 9.52. The van der Waals surface area contributed by atoms with Crippen LogP contribution in [0.4, 0.5) is 0 Å². The van der Waals surface area contributed by atoms with Gasteiger partial charge in [0.2, 0.25) is 0 Å². The fourth-order valence-electron chi connectivity index (χ4n) is 6.69. The van der Waals surface area contributed by atoms with Gasteiger partial charge < -0.3 is 0 Å². The molecule has 4 aromatic carbocycles. The first kappa shape index (κ1) is 23.7. The van der Waals surface area contributed by atoms with E-state index in [1.54, 1.807) is 11.1 Å². The van der Waals surface area contributed by atoms with Gasteiger partial charge in [-0.1, -0.05) is 128 Å². The van der Waals surface area contributed by atoms with E-state index in [2.05, 4.69) is 125 Å². The van der Waals surface area contributed by atoms with E-state index in [4.69, 9.17) is 0 Å². The molecule has 2 aliphatic rings. The Morgan fingerprint density at radius 1 is 0.568 bits per heavy atom. The van der Waals surface area contributed by atoms with Crippen molar-refractivity contribution in [3.05, 3.63) is 129 Å². The summed E-state index contributed by atoms with van der Waals surface area (Å²) in [5.41, 5.74) is 17.1. The maximum absolute atomic E-state index is 2.54. The van der Waals surface area contributed by atoms with Crippen LogP contribution in [0.2, 0.25) is 0 Å². The summed E-state index contributed by atoms with van der Waals surface area (Å²) in [6, 6.07) is 31.3. The van der Waals surface area contributed by atoms with E-state index in [1.165, 1.54) is 68.5 Å². The van der Waals surface area contributed by atoms with Gasteiger partial charge in [-0.05, 0) is 88.7 Å². The first-order chi connectivity index (χ1) is 18.0. The lowest BCUT2D eigenvalue weighted by atomic mass is 9.71. The Bertz CT molecular complexity index is 1450. The van der Waals surface area contributed by atoms with Crippen LogP contribution in [-0.4, -0.2) is 0 Å². The van der Waals surface area contributed by atoms with E-state index in [9.17, 15) is 0 Å². The molecule has 0 aliphatic heterocycles. The van der Waals surface area contributed by atoms with Gasteiger partial charge >= 0.3 is 0 Å². The van der Waals surface area contributed by atoms with Gasteiger partial charge in [-0.3, -0.25) is 0 Å². The average Bonchev–Trinajstić information content (AvgIpc) is 3.55. The molecule has 0 saturated carbocycles. The van der Waals surface area contributed by atoms with Crippen LogP contribution in [0.15, 0.2) is 96.1 Å². The summed E-state index contributed by atoms with van der Waals surface area (Å²) in [5.74, 6) is 0. The summed E-state index contributed by atoms with van der Waals surface area (Å²) >= 11 is 0. The number of hydrogen-bond acceptors (Lipinski definition) is 0. The Morgan fingerprint density at radius 2 is 1.00 bits per heavy atom. The minimum Gasteiger partial charge on any atom is -0.0653 e. The van der Waals surface area contributed by atoms with E-state index in [0.717, 1.165) is 12.8 Å². The van der Waals surface area contributed by atoms with Crippen LogP contribution in [-0.2, 0) is 12.8 Å². The molecule has 2 aliphatic carbocycles. The molecule has 0 saturated heterocycles. The minimum absolute atomic E-state index is 0.0544. The second kappa shape index (κ2) is 9.34. The predicted octanol–water partition coefficient (Wildman–Crippen LogP) is 10.0. The highest BCUT2D eigenvalue weighted by atomic mass is 14.4. The van der Waals surface area contributed by atoms with Gasteiger partial charge in [0.15, 0.2) is 0 Å². The average molecular weight is 481 g/mol. The van der Waals surface area contributed by atoms with E-state index < -0.39 is 0 Å². The summed E-state index contributed by atoms with van der Waals surface area (Å²) < 4.78 is 0. The molecule has 0 aromatic heterocycles. The second-order valence-corrected chi connectivity index (χ2v) is 11.2. The zero-order valence-corrected chi connectivity index (χ0v) is 22.6. The van der Waals surface area contributed by atoms with Crippen molar-refractivity contribution in [2.75, 3.05) is 0 Å². The van der Waals surface area contributed by atoms with Gasteiger partial charge in [0, 0.05) is 5.41 Å². The fraction of sp³-hybridized carbons (Fsp3) is 0.243. The standard InChI is InChI=1S/C37H36/c1-5-20-37(4,29-21-27-14-10-18-33(35(27)23-29)31-16-8-6-12-25(31)2)30-22-28-15-11-19-34(36(28)24-30)32-17-9-7-13-26(32)3/h6-19,23-24H,5,20-22H2,1-4H3. The van der Waals surface area contributed by atoms with E-state index in [0.29, 0.717) is 0 Å². The molecule has 0 fully saturated rings. The minimum atomic E-state index is 0.0544. The number of hydrogen-bond donors (Lipinski definition) is 0. The third-order valence-corrected chi connectivity index (χ3v) is 8.83. The highest BCUT2D eigenvalue weighted by Crippen LogP contribution is 2.51. The number of fused-ring (bicyclic) bond motifs is 2. The second-order valence-electron chi connectivity index (χ2n) is 11.2. The van der Waals surface area contributed by atoms with E-state index >= 15 is 0 Å². The first-order valence-electron chi connectivity index (χ1n) is 13.8. The summed E-state index contributed by atoms with van der Waals surface area (Å²) in [7, 11) is 0. The SMILES string of the molecule is CCCC(C)(C1=Cc2c(cccc2-c2ccccc2C)C1)C1=Cc2c(cccc2-c2ccccc2C)C1. The third kappa shape index (κ3) is 4.00. The number of rotatable bonds is 6. The van der Waals surface area contributed by atoms with Crippen LogP contribution in [0.1, 0.15) is 60.1 Å². The van der Waals surface area contributed by atoms with Crippen molar-refractivity contribution in [3.8, 4) is 22.3 Å². The zero-order chi connectivity index (χ0) is 25.6. The summed E-state index contributed by atoms with van der Waals surface area (Å²) in [4.78, 5) is 0. The largest absolute Gasteiger partial charge is 0.0653 e. The van der Waals surface area contributed by atoms with Gasteiger partial charge in [0.25, 0.3) is 0 Å². The molecule has 0 nitrogen and oxygen atoms in total. The van der Waals surface area contributed by atoms with Crippen LogP contribution in [0, 0.1) is 19.3 Å². The van der Waals surface area contributed by atoms with E-state index in [-0.39, 0.29) is 5.41 Å². The molecule has 0 unspecified atom stereocenters. The first-order valence-corrected chi connectivity index (χ1v) is 13.8. The van der Waals surface area contributed by atoms with Crippen LogP contribution >= 0.6 is 0 Å². The highest BCUT2D eigenvalue weighted by Gasteiger charge is 2.37. The maximum atomic E-state index is 2.54. The van der Waals surface area contributed by atoms with Crippen molar-refractivity contribution in [1.29, 1.82) is 0 Å². The van der Waals surface area contributed by atoms with Gasteiger partial charge in [0.05, 0.1) is 0 Å². The zero-order valence-electron chi connectivity index (χ0n) is 22.6. The van der Waals surface area contributed by atoms with Crippen molar-refractivity contribution in [2.45, 2.75) is 53.4 Å². The lowest BCUT2D eigenvalue weighted by molar-refractivity contribution is 0.424. The molecule has 0 N–H and O–H groups in total. The molecule has 37 heavy (non-hydrogen) atoms. The molecule has 0 spiro atoms. The van der Waals surface area contributed by atoms with Crippen LogP contribution < -0.4 is 0 Å². The van der Waals surface area contributed by atoms with E-state index in [1.807, 2.05) is 0 Å². The molecule has 0 heterocycles. The number of allylic oxidation sites excluding steroid dienone is 2.